The van der Waals surface area contributed by atoms with Crippen molar-refractivity contribution in [2.24, 2.45) is 0 Å². The first-order chi connectivity index (χ1) is 5.81. The van der Waals surface area contributed by atoms with Crippen LogP contribution in [0.25, 0.3) is 0 Å². The second-order valence-electron chi connectivity index (χ2n) is 4.82. The van der Waals surface area contributed by atoms with Crippen LogP contribution in [0.5, 0.6) is 0 Å². The molecule has 76 valence electrons. The summed E-state index contributed by atoms with van der Waals surface area (Å²) in [6, 6.07) is 1.28. The minimum atomic E-state index is -0.920. The van der Waals surface area contributed by atoms with Crippen LogP contribution in [0.2, 0.25) is 25.7 Å². The number of allylic oxidation sites excluding steroid dienone is 3. The number of halogens is 1. The van der Waals surface area contributed by atoms with Crippen molar-refractivity contribution in [1.82, 2.24) is 0 Å². The van der Waals surface area contributed by atoms with Gasteiger partial charge in [-0.05, 0) is 52.0 Å². The minimum absolute atomic E-state index is 0.920. The summed E-state index contributed by atoms with van der Waals surface area (Å²) in [5.41, 5.74) is 1.44. The summed E-state index contributed by atoms with van der Waals surface area (Å²) in [6.07, 6.45) is 4.62. The normalized spacial score (nSPS) is 13.2. The second kappa shape index (κ2) is 6.01. The van der Waals surface area contributed by atoms with Crippen LogP contribution in [0.4, 0.5) is 0 Å². The van der Waals surface area contributed by atoms with E-state index in [2.05, 4.69) is 61.8 Å². The van der Waals surface area contributed by atoms with Gasteiger partial charge in [0.2, 0.25) is 0 Å². The van der Waals surface area contributed by atoms with Crippen molar-refractivity contribution in [3.63, 3.8) is 0 Å². The van der Waals surface area contributed by atoms with E-state index < -0.39 is 8.07 Å². The fraction of sp³-hybridized carbons (Fsp3) is 0.636. The topological polar surface area (TPSA) is 0 Å². The van der Waals surface area contributed by atoms with Crippen molar-refractivity contribution in [3.05, 3.63) is 21.8 Å². The smallest absolute Gasteiger partial charge is 0.0483 e. The molecule has 0 rings (SSSR count). The van der Waals surface area contributed by atoms with Crippen LogP contribution in [0.3, 0.4) is 0 Å². The molecule has 0 unspecified atom stereocenters. The summed E-state index contributed by atoms with van der Waals surface area (Å²) in [6.45, 7) is 13.5. The summed E-state index contributed by atoms with van der Waals surface area (Å²) in [5, 5.41) is 0. The van der Waals surface area contributed by atoms with Gasteiger partial charge in [-0.1, -0.05) is 31.3 Å². The predicted octanol–water partition coefficient (Wildman–Crippen LogP) is 5.00. The Kier molecular flexibility index (Phi) is 6.21. The van der Waals surface area contributed by atoms with Crippen LogP contribution >= 0.6 is 22.6 Å². The van der Waals surface area contributed by atoms with E-state index in [1.807, 2.05) is 0 Å². The van der Waals surface area contributed by atoms with E-state index in [4.69, 9.17) is 0 Å². The van der Waals surface area contributed by atoms with Crippen LogP contribution < -0.4 is 0 Å². The first kappa shape index (κ1) is 13.4. The quantitative estimate of drug-likeness (QED) is 0.381. The molecule has 0 saturated carbocycles. The zero-order valence-corrected chi connectivity index (χ0v) is 12.4. The molecule has 0 nitrogen and oxygen atoms in total. The third-order valence-corrected chi connectivity index (χ3v) is 3.70. The molecule has 0 amide bonds. The molecule has 0 bridgehead atoms. The fourth-order valence-corrected chi connectivity index (χ4v) is 3.30. The maximum Gasteiger partial charge on any atom is 0.0483 e. The SMILES string of the molecule is C=C(CC/C=C(\C)I)C[Si](C)(C)C. The molecule has 0 saturated heterocycles. The first-order valence-electron chi connectivity index (χ1n) is 4.80. The van der Waals surface area contributed by atoms with Crippen LogP contribution in [0, 0.1) is 0 Å². The molecule has 0 aromatic heterocycles. The van der Waals surface area contributed by atoms with Crippen LogP contribution in [0.1, 0.15) is 19.8 Å². The predicted molar refractivity (Wildman–Crippen MR) is 74.3 cm³/mol. The van der Waals surface area contributed by atoms with Gasteiger partial charge in [-0.3, -0.25) is 0 Å². The van der Waals surface area contributed by atoms with E-state index in [0.29, 0.717) is 0 Å². The van der Waals surface area contributed by atoms with Crippen LogP contribution in [-0.4, -0.2) is 8.07 Å². The van der Waals surface area contributed by atoms with Crippen LogP contribution in [-0.2, 0) is 0 Å². The Labute approximate surface area is 97.7 Å². The average Bonchev–Trinajstić information content (AvgIpc) is 1.81. The summed E-state index contributed by atoms with van der Waals surface area (Å²) in [5.74, 6) is 0. The van der Waals surface area contributed by atoms with Crippen LogP contribution in [0.15, 0.2) is 21.8 Å². The lowest BCUT2D eigenvalue weighted by Gasteiger charge is -2.16. The van der Waals surface area contributed by atoms with Gasteiger partial charge in [-0.25, -0.2) is 0 Å². The lowest BCUT2D eigenvalue weighted by Crippen LogP contribution is -2.19. The molecule has 13 heavy (non-hydrogen) atoms. The van der Waals surface area contributed by atoms with Gasteiger partial charge in [-0.2, -0.15) is 0 Å². The maximum absolute atomic E-state index is 4.14. The van der Waals surface area contributed by atoms with E-state index in [1.165, 1.54) is 21.6 Å². The Hall–Kier alpha value is 0.427. The summed E-state index contributed by atoms with van der Waals surface area (Å²) in [4.78, 5) is 0. The van der Waals surface area contributed by atoms with Gasteiger partial charge in [-0.15, -0.1) is 6.58 Å². The van der Waals surface area contributed by atoms with Gasteiger partial charge in [0, 0.05) is 8.07 Å². The second-order valence-corrected chi connectivity index (χ2v) is 12.0. The van der Waals surface area contributed by atoms with Crippen molar-refractivity contribution < 1.29 is 0 Å². The molecular formula is C11H21ISi. The van der Waals surface area contributed by atoms with Crippen molar-refractivity contribution >= 4 is 30.7 Å². The minimum Gasteiger partial charge on any atom is -0.100 e. The highest BCUT2D eigenvalue weighted by Crippen LogP contribution is 2.19. The zero-order chi connectivity index (χ0) is 10.5. The largest absolute Gasteiger partial charge is 0.100 e. The molecule has 0 N–H and O–H groups in total. The molecule has 0 aliphatic rings. The highest BCUT2D eigenvalue weighted by Gasteiger charge is 2.13. The fourth-order valence-electron chi connectivity index (χ4n) is 1.31. The molecule has 0 fully saturated rings. The van der Waals surface area contributed by atoms with Crippen molar-refractivity contribution in [2.75, 3.05) is 0 Å². The van der Waals surface area contributed by atoms with Gasteiger partial charge in [0.15, 0.2) is 0 Å². The molecule has 0 spiro atoms. The number of rotatable bonds is 5. The lowest BCUT2D eigenvalue weighted by molar-refractivity contribution is 0.972. The van der Waals surface area contributed by atoms with Gasteiger partial charge in [0.1, 0.15) is 0 Å². The Morgan fingerprint density at radius 2 is 1.92 bits per heavy atom. The van der Waals surface area contributed by atoms with Crippen molar-refractivity contribution in [3.8, 4) is 0 Å². The highest BCUT2D eigenvalue weighted by molar-refractivity contribution is 14.1. The van der Waals surface area contributed by atoms with E-state index >= 15 is 0 Å². The number of hydrogen-bond donors (Lipinski definition) is 0. The van der Waals surface area contributed by atoms with E-state index in [0.717, 1.165) is 6.42 Å². The Morgan fingerprint density at radius 1 is 1.38 bits per heavy atom. The van der Waals surface area contributed by atoms with E-state index in [-0.39, 0.29) is 0 Å². The Balaban J connectivity index is 3.71. The third kappa shape index (κ3) is 10.3. The zero-order valence-electron chi connectivity index (χ0n) is 9.28. The van der Waals surface area contributed by atoms with Gasteiger partial charge in [0.05, 0.1) is 0 Å². The summed E-state index contributed by atoms with van der Waals surface area (Å²) in [7, 11) is -0.920. The van der Waals surface area contributed by atoms with Gasteiger partial charge in [0.25, 0.3) is 0 Å². The Bertz CT molecular complexity index is 195. The van der Waals surface area contributed by atoms with Gasteiger partial charge >= 0.3 is 0 Å². The maximum atomic E-state index is 4.14. The van der Waals surface area contributed by atoms with Gasteiger partial charge < -0.3 is 0 Å². The van der Waals surface area contributed by atoms with E-state index in [9.17, 15) is 0 Å². The standard InChI is InChI=1S/C11H21ISi/c1-10(9-13(3,4)5)7-6-8-11(2)12/h8H,1,6-7,9H2,2-5H3/b11-8+. The molecule has 0 heterocycles. The third-order valence-electron chi connectivity index (χ3n) is 1.70. The first-order valence-corrected chi connectivity index (χ1v) is 9.59. The highest BCUT2D eigenvalue weighted by atomic mass is 127. The molecular weight excluding hydrogens is 287 g/mol. The van der Waals surface area contributed by atoms with E-state index in [1.54, 1.807) is 0 Å². The molecule has 0 aliphatic heterocycles. The Morgan fingerprint density at radius 3 is 2.31 bits per heavy atom. The molecule has 0 radical (unpaired) electrons. The molecule has 2 heteroatoms. The molecule has 0 aromatic carbocycles. The molecule has 0 aromatic rings. The monoisotopic (exact) mass is 308 g/mol. The summed E-state index contributed by atoms with van der Waals surface area (Å²) >= 11 is 2.36. The number of hydrogen-bond acceptors (Lipinski definition) is 0. The molecule has 0 aliphatic carbocycles. The lowest BCUT2D eigenvalue weighted by atomic mass is 10.2. The molecule has 0 atom stereocenters. The average molecular weight is 308 g/mol. The van der Waals surface area contributed by atoms with Crippen molar-refractivity contribution in [2.45, 2.75) is 45.5 Å². The van der Waals surface area contributed by atoms with Crippen molar-refractivity contribution in [1.29, 1.82) is 0 Å². The summed E-state index contributed by atoms with van der Waals surface area (Å²) < 4.78 is 1.39.